The molecule has 0 radical (unpaired) electrons. The monoisotopic (exact) mass is 432 g/mol. The summed E-state index contributed by atoms with van der Waals surface area (Å²) in [4.78, 5) is 17.9. The first kappa shape index (κ1) is 21.6. The second kappa shape index (κ2) is 10.6. The maximum atomic E-state index is 12.8. The quantitative estimate of drug-likeness (QED) is 0.430. The van der Waals surface area contributed by atoms with Crippen molar-refractivity contribution in [1.82, 2.24) is 4.57 Å². The third-order valence-corrected chi connectivity index (χ3v) is 5.63. The third kappa shape index (κ3) is 5.69. The molecule has 0 N–H and O–H groups in total. The van der Waals surface area contributed by atoms with Gasteiger partial charge in [0.2, 0.25) is 0 Å². The van der Waals surface area contributed by atoms with E-state index in [1.54, 1.807) is 12.1 Å². The van der Waals surface area contributed by atoms with E-state index >= 15 is 0 Å². The first-order valence-corrected chi connectivity index (χ1v) is 11.0. The van der Waals surface area contributed by atoms with Crippen LogP contribution in [-0.2, 0) is 11.3 Å². The summed E-state index contributed by atoms with van der Waals surface area (Å²) in [7, 11) is 0. The Morgan fingerprint density at radius 1 is 1.17 bits per heavy atom. The summed E-state index contributed by atoms with van der Waals surface area (Å²) in [6.07, 6.45) is 2.04. The van der Waals surface area contributed by atoms with Crippen LogP contribution < -0.4 is 9.54 Å². The van der Waals surface area contributed by atoms with Crippen LogP contribution in [0.1, 0.15) is 37.0 Å². The van der Waals surface area contributed by atoms with Crippen LogP contribution >= 0.6 is 22.9 Å². The van der Waals surface area contributed by atoms with Gasteiger partial charge in [0.1, 0.15) is 5.75 Å². The van der Waals surface area contributed by atoms with Crippen LogP contribution in [0.3, 0.4) is 0 Å². The van der Waals surface area contributed by atoms with Gasteiger partial charge in [0.05, 0.1) is 23.4 Å². The Kier molecular flexibility index (Phi) is 7.86. The number of rotatable bonds is 9. The number of aromatic nitrogens is 1. The standard InChI is InChI=1S/C22H25ClN2O3S/c1-3-5-12-28-18-8-6-7-16(14-18)21(26)24-22-25(11-13-27-4-2)19-10-9-17(23)15-20(19)29-22/h6-10,14-15H,3-5,11-13H2,1-2H3. The van der Waals surface area contributed by atoms with E-state index in [0.717, 1.165) is 23.1 Å². The lowest BCUT2D eigenvalue weighted by atomic mass is 10.2. The topological polar surface area (TPSA) is 52.8 Å². The number of carbonyl (C=O) groups is 1. The van der Waals surface area contributed by atoms with Gasteiger partial charge in [-0.05, 0) is 49.7 Å². The minimum atomic E-state index is -0.297. The summed E-state index contributed by atoms with van der Waals surface area (Å²) in [6.45, 7) is 6.51. The Hall–Kier alpha value is -2.15. The number of halogens is 1. The molecule has 1 amide bonds. The van der Waals surface area contributed by atoms with Gasteiger partial charge in [-0.3, -0.25) is 4.79 Å². The number of fused-ring (bicyclic) bond motifs is 1. The van der Waals surface area contributed by atoms with Crippen molar-refractivity contribution in [1.29, 1.82) is 0 Å². The van der Waals surface area contributed by atoms with Crippen LogP contribution in [0.25, 0.3) is 10.2 Å². The molecule has 0 atom stereocenters. The molecule has 0 spiro atoms. The SMILES string of the molecule is CCCCOc1cccc(C(=O)N=c2sc3cc(Cl)ccc3n2CCOCC)c1. The van der Waals surface area contributed by atoms with E-state index in [1.807, 2.05) is 41.8 Å². The number of nitrogens with zero attached hydrogens (tertiary/aromatic N) is 2. The smallest absolute Gasteiger partial charge is 0.279 e. The average molecular weight is 433 g/mol. The van der Waals surface area contributed by atoms with Crippen LogP contribution in [0.5, 0.6) is 5.75 Å². The van der Waals surface area contributed by atoms with Gasteiger partial charge in [0.25, 0.3) is 5.91 Å². The molecule has 154 valence electrons. The molecular formula is C22H25ClN2O3S. The third-order valence-electron chi connectivity index (χ3n) is 4.35. The summed E-state index contributed by atoms with van der Waals surface area (Å²) in [6, 6.07) is 12.9. The van der Waals surface area contributed by atoms with Gasteiger partial charge in [-0.25, -0.2) is 0 Å². The molecule has 1 aromatic heterocycles. The molecule has 0 saturated carbocycles. The maximum Gasteiger partial charge on any atom is 0.279 e. The Labute approximate surface area is 179 Å². The van der Waals surface area contributed by atoms with Crippen molar-refractivity contribution in [2.45, 2.75) is 33.2 Å². The van der Waals surface area contributed by atoms with Crippen LogP contribution in [0, 0.1) is 0 Å². The van der Waals surface area contributed by atoms with Gasteiger partial charge in [-0.1, -0.05) is 42.3 Å². The summed E-state index contributed by atoms with van der Waals surface area (Å²) in [5, 5.41) is 0.658. The minimum absolute atomic E-state index is 0.297. The molecule has 3 rings (SSSR count). The Balaban J connectivity index is 1.93. The van der Waals surface area contributed by atoms with Gasteiger partial charge < -0.3 is 14.0 Å². The zero-order valence-corrected chi connectivity index (χ0v) is 18.3. The van der Waals surface area contributed by atoms with Gasteiger partial charge in [0.15, 0.2) is 4.80 Å². The van der Waals surface area contributed by atoms with E-state index in [4.69, 9.17) is 21.1 Å². The van der Waals surface area contributed by atoms with Gasteiger partial charge in [0, 0.05) is 23.7 Å². The van der Waals surface area contributed by atoms with E-state index < -0.39 is 0 Å². The molecule has 0 aliphatic carbocycles. The zero-order valence-electron chi connectivity index (χ0n) is 16.7. The van der Waals surface area contributed by atoms with E-state index in [9.17, 15) is 4.79 Å². The molecule has 5 nitrogen and oxygen atoms in total. The van der Waals surface area contributed by atoms with Crippen LogP contribution in [-0.4, -0.2) is 30.3 Å². The molecule has 0 unspecified atom stereocenters. The Morgan fingerprint density at radius 2 is 2.03 bits per heavy atom. The summed E-state index contributed by atoms with van der Waals surface area (Å²) in [5.41, 5.74) is 1.49. The molecule has 0 aliphatic rings. The minimum Gasteiger partial charge on any atom is -0.494 e. The van der Waals surface area contributed by atoms with E-state index in [2.05, 4.69) is 11.9 Å². The molecular weight excluding hydrogens is 408 g/mol. The highest BCUT2D eigenvalue weighted by molar-refractivity contribution is 7.16. The first-order valence-electron chi connectivity index (χ1n) is 9.81. The number of amides is 1. The predicted molar refractivity (Wildman–Crippen MR) is 118 cm³/mol. The number of unbranched alkanes of at least 4 members (excludes halogenated alkanes) is 1. The number of hydrogen-bond acceptors (Lipinski definition) is 4. The second-order valence-corrected chi connectivity index (χ2v) is 7.94. The zero-order chi connectivity index (χ0) is 20.6. The molecule has 7 heteroatoms. The van der Waals surface area contributed by atoms with Crippen molar-refractivity contribution >= 4 is 39.1 Å². The highest BCUT2D eigenvalue weighted by Crippen LogP contribution is 2.22. The number of thiazole rings is 1. The summed E-state index contributed by atoms with van der Waals surface area (Å²) in [5.74, 6) is 0.389. The summed E-state index contributed by atoms with van der Waals surface area (Å²) < 4.78 is 14.2. The second-order valence-electron chi connectivity index (χ2n) is 6.49. The van der Waals surface area contributed by atoms with E-state index in [0.29, 0.717) is 47.5 Å². The van der Waals surface area contributed by atoms with Crippen molar-refractivity contribution in [3.63, 3.8) is 0 Å². The fraction of sp³-hybridized carbons (Fsp3) is 0.364. The van der Waals surface area contributed by atoms with E-state index in [1.165, 1.54) is 11.3 Å². The van der Waals surface area contributed by atoms with Crippen molar-refractivity contribution in [2.75, 3.05) is 19.8 Å². The lowest BCUT2D eigenvalue weighted by Crippen LogP contribution is -2.19. The molecule has 0 bridgehead atoms. The largest absolute Gasteiger partial charge is 0.494 e. The highest BCUT2D eigenvalue weighted by Gasteiger charge is 2.11. The van der Waals surface area contributed by atoms with Gasteiger partial charge in [-0.2, -0.15) is 4.99 Å². The Morgan fingerprint density at radius 3 is 2.83 bits per heavy atom. The van der Waals surface area contributed by atoms with Crippen molar-refractivity contribution in [3.05, 3.63) is 57.9 Å². The van der Waals surface area contributed by atoms with Gasteiger partial charge in [-0.15, -0.1) is 0 Å². The number of hydrogen-bond donors (Lipinski definition) is 0. The van der Waals surface area contributed by atoms with Crippen molar-refractivity contribution in [3.8, 4) is 5.75 Å². The van der Waals surface area contributed by atoms with Crippen LogP contribution in [0.2, 0.25) is 5.02 Å². The van der Waals surface area contributed by atoms with Gasteiger partial charge >= 0.3 is 0 Å². The maximum absolute atomic E-state index is 12.8. The number of carbonyl (C=O) groups excluding carboxylic acids is 1. The predicted octanol–water partition coefficient (Wildman–Crippen LogP) is 5.31. The number of ether oxygens (including phenoxy) is 2. The summed E-state index contributed by atoms with van der Waals surface area (Å²) >= 11 is 7.58. The van der Waals surface area contributed by atoms with E-state index in [-0.39, 0.29) is 5.91 Å². The molecule has 29 heavy (non-hydrogen) atoms. The molecule has 0 aliphatic heterocycles. The lowest BCUT2D eigenvalue weighted by molar-refractivity contribution is 0.0996. The molecule has 3 aromatic rings. The normalized spacial score (nSPS) is 11.9. The van der Waals surface area contributed by atoms with Crippen LogP contribution in [0.15, 0.2) is 47.5 Å². The molecule has 2 aromatic carbocycles. The van der Waals surface area contributed by atoms with Crippen molar-refractivity contribution < 1.29 is 14.3 Å². The molecule has 0 saturated heterocycles. The highest BCUT2D eigenvalue weighted by atomic mass is 35.5. The Bertz CT molecular complexity index is 1040. The average Bonchev–Trinajstić information content (AvgIpc) is 3.04. The van der Waals surface area contributed by atoms with Crippen LogP contribution in [0.4, 0.5) is 0 Å². The molecule has 0 fully saturated rings. The number of benzene rings is 2. The lowest BCUT2D eigenvalue weighted by Gasteiger charge is -2.06. The fourth-order valence-electron chi connectivity index (χ4n) is 2.85. The first-order chi connectivity index (χ1) is 14.1. The van der Waals surface area contributed by atoms with Crippen molar-refractivity contribution in [2.24, 2.45) is 4.99 Å². The fourth-order valence-corrected chi connectivity index (χ4v) is 4.18. The molecule has 1 heterocycles.